The number of carbonyl (C=O) groups is 1. The second-order valence-corrected chi connectivity index (χ2v) is 15.3. The number of benzene rings is 2. The molecule has 4 heterocycles. The molecule has 3 N–H and O–H groups in total. The van der Waals surface area contributed by atoms with Crippen LogP contribution in [0.3, 0.4) is 0 Å². The lowest BCUT2D eigenvalue weighted by Gasteiger charge is -2.23. The molecule has 1 unspecified atom stereocenters. The van der Waals surface area contributed by atoms with Crippen LogP contribution in [0.5, 0.6) is 0 Å². The number of fused-ring (bicyclic) bond motifs is 5. The van der Waals surface area contributed by atoms with Crippen LogP contribution < -0.4 is 10.0 Å². The molecule has 0 saturated heterocycles. The van der Waals surface area contributed by atoms with Crippen LogP contribution in [0.25, 0.3) is 33.1 Å². The summed E-state index contributed by atoms with van der Waals surface area (Å²) >= 11 is 6.58. The first-order valence-electron chi connectivity index (χ1n) is 16.0. The average molecular weight is 778 g/mol. The second kappa shape index (κ2) is 12.2. The lowest BCUT2D eigenvalue weighted by atomic mass is 9.93. The number of hydrogen-bond acceptors (Lipinski definition) is 7. The van der Waals surface area contributed by atoms with Gasteiger partial charge in [-0.05, 0) is 42.5 Å². The SMILES string of the molecule is Cn1nc(NS(C)(=O)=O)c2c(Cl)ccc(-c3c(C(Cc4cc(F)cc(F)c4)NC(=O)Cn4nc(C(F)F)c5c4C(F)(F)[C@@H]4C[C@H]54)ncc4[nH]cnc34)c21. The number of aromatic nitrogens is 7. The molecule has 2 aliphatic rings. The lowest BCUT2D eigenvalue weighted by molar-refractivity contribution is -0.123. The molecular formula is C33H26ClF6N9O3S. The highest BCUT2D eigenvalue weighted by Gasteiger charge is 2.67. The molecule has 2 aliphatic carbocycles. The van der Waals surface area contributed by atoms with Crippen LogP contribution in [-0.4, -0.2) is 55.1 Å². The van der Waals surface area contributed by atoms with Crippen molar-refractivity contribution in [3.8, 4) is 11.1 Å². The number of nitrogens with zero attached hydrogens (tertiary/aromatic N) is 6. The number of halogens is 7. The highest BCUT2D eigenvalue weighted by Crippen LogP contribution is 2.68. The van der Waals surface area contributed by atoms with E-state index in [0.717, 1.165) is 18.4 Å². The summed E-state index contributed by atoms with van der Waals surface area (Å²) in [6.07, 6.45) is 0.319. The lowest BCUT2D eigenvalue weighted by Crippen LogP contribution is -2.35. The van der Waals surface area contributed by atoms with Crippen molar-refractivity contribution in [2.24, 2.45) is 13.0 Å². The minimum atomic E-state index is -3.81. The van der Waals surface area contributed by atoms with Crippen LogP contribution in [-0.2, 0) is 40.8 Å². The second-order valence-electron chi connectivity index (χ2n) is 13.1. The predicted molar refractivity (Wildman–Crippen MR) is 180 cm³/mol. The van der Waals surface area contributed by atoms with Crippen molar-refractivity contribution in [1.29, 1.82) is 0 Å². The summed E-state index contributed by atoms with van der Waals surface area (Å²) < 4.78 is 116. The number of alkyl halides is 4. The standard InChI is InChI=1S/C33H26ClF6N9O3S/c1-48-29-16(3-4-19(34)25(29)32(46-48)47-53(2,51)52)23-26(41-10-21-27(23)43-12-42-21)20(7-13-5-14(35)8-15(36)6-13)44-22(50)11-49-30-24(28(45-49)31(37)38)17-9-18(17)33(30,39)40/h3-6,8,10,12,17-18,20,31H,7,9,11H2,1-2H3,(H,42,43)(H,44,50)(H,46,47)/t17-,18+,20?/m0/s1. The van der Waals surface area contributed by atoms with Gasteiger partial charge in [-0.3, -0.25) is 23.9 Å². The van der Waals surface area contributed by atoms with Crippen molar-refractivity contribution in [2.75, 3.05) is 11.0 Å². The van der Waals surface area contributed by atoms with Gasteiger partial charge in [0, 0.05) is 35.7 Å². The smallest absolute Gasteiger partial charge is 0.293 e. The Morgan fingerprint density at radius 1 is 1.11 bits per heavy atom. The Balaban J connectivity index is 1.27. The number of rotatable bonds is 10. The van der Waals surface area contributed by atoms with E-state index < -0.39 is 75.7 Å². The summed E-state index contributed by atoms with van der Waals surface area (Å²) in [5.74, 6) is -8.24. The fourth-order valence-corrected chi connectivity index (χ4v) is 8.15. The molecule has 0 radical (unpaired) electrons. The Hall–Kier alpha value is -5.17. The maximum atomic E-state index is 15.3. The van der Waals surface area contributed by atoms with Crippen LogP contribution in [0.1, 0.15) is 53.0 Å². The molecule has 53 heavy (non-hydrogen) atoms. The first-order valence-corrected chi connectivity index (χ1v) is 18.3. The van der Waals surface area contributed by atoms with E-state index in [0.29, 0.717) is 32.9 Å². The third-order valence-corrected chi connectivity index (χ3v) is 10.4. The van der Waals surface area contributed by atoms with Crippen molar-refractivity contribution in [1.82, 2.24) is 39.8 Å². The summed E-state index contributed by atoms with van der Waals surface area (Å²) in [5, 5.41) is 11.1. The first-order chi connectivity index (χ1) is 25.0. The number of H-pyrrole nitrogens is 1. The molecule has 3 atom stereocenters. The monoisotopic (exact) mass is 777 g/mol. The van der Waals surface area contributed by atoms with Gasteiger partial charge in [0.15, 0.2) is 5.82 Å². The van der Waals surface area contributed by atoms with E-state index in [1.165, 1.54) is 30.3 Å². The quantitative estimate of drug-likeness (QED) is 0.139. The molecule has 0 spiro atoms. The first kappa shape index (κ1) is 34.9. The van der Waals surface area contributed by atoms with Crippen LogP contribution in [0.2, 0.25) is 5.02 Å². The highest BCUT2D eigenvalue weighted by atomic mass is 35.5. The third kappa shape index (κ3) is 5.94. The van der Waals surface area contributed by atoms with E-state index in [2.05, 4.69) is 35.2 Å². The molecule has 0 bridgehead atoms. The van der Waals surface area contributed by atoms with Crippen molar-refractivity contribution < 1.29 is 39.6 Å². The molecule has 20 heteroatoms. The molecule has 6 aromatic rings. The molecular weight excluding hydrogens is 752 g/mol. The number of nitrogens with one attached hydrogen (secondary N) is 3. The van der Waals surface area contributed by atoms with Gasteiger partial charge >= 0.3 is 0 Å². The number of pyridine rings is 1. The Morgan fingerprint density at radius 2 is 1.85 bits per heavy atom. The summed E-state index contributed by atoms with van der Waals surface area (Å²) in [6, 6.07) is 4.58. The third-order valence-electron chi connectivity index (χ3n) is 9.47. The van der Waals surface area contributed by atoms with Gasteiger partial charge < -0.3 is 10.3 Å². The van der Waals surface area contributed by atoms with Crippen molar-refractivity contribution in [2.45, 2.75) is 43.7 Å². The minimum absolute atomic E-state index is 0.0361. The number of imidazole rings is 1. The molecule has 2 aromatic carbocycles. The summed E-state index contributed by atoms with van der Waals surface area (Å²) in [5.41, 5.74) is 0.0836. The van der Waals surface area contributed by atoms with E-state index in [1.54, 1.807) is 6.07 Å². The average Bonchev–Trinajstić information content (AvgIpc) is 3.28. The number of sulfonamides is 1. The summed E-state index contributed by atoms with van der Waals surface area (Å²) in [4.78, 5) is 25.8. The van der Waals surface area contributed by atoms with Gasteiger partial charge in [-0.1, -0.05) is 17.7 Å². The maximum absolute atomic E-state index is 15.3. The van der Waals surface area contributed by atoms with E-state index in [1.807, 2.05) is 0 Å². The summed E-state index contributed by atoms with van der Waals surface area (Å²) in [7, 11) is -2.27. The normalized spacial score (nSPS) is 18.1. The largest absolute Gasteiger partial charge is 0.346 e. The molecule has 1 saturated carbocycles. The molecule has 12 nitrogen and oxygen atoms in total. The van der Waals surface area contributed by atoms with Crippen molar-refractivity contribution in [3.05, 3.63) is 87.7 Å². The molecule has 0 aliphatic heterocycles. The number of amides is 1. The van der Waals surface area contributed by atoms with Crippen LogP contribution in [0, 0.1) is 17.6 Å². The maximum Gasteiger partial charge on any atom is 0.293 e. The van der Waals surface area contributed by atoms with E-state index >= 15 is 8.78 Å². The highest BCUT2D eigenvalue weighted by molar-refractivity contribution is 7.92. The predicted octanol–water partition coefficient (Wildman–Crippen LogP) is 6.26. The zero-order valence-corrected chi connectivity index (χ0v) is 29.0. The van der Waals surface area contributed by atoms with Gasteiger partial charge in [0.2, 0.25) is 15.9 Å². The Labute approximate surface area is 300 Å². The van der Waals surface area contributed by atoms with Gasteiger partial charge in [0.25, 0.3) is 12.3 Å². The van der Waals surface area contributed by atoms with Crippen LogP contribution in [0.4, 0.5) is 32.2 Å². The van der Waals surface area contributed by atoms with Crippen LogP contribution >= 0.6 is 11.6 Å². The van der Waals surface area contributed by atoms with E-state index in [-0.39, 0.29) is 51.5 Å². The number of carbonyl (C=O) groups excluding carboxylic acids is 1. The van der Waals surface area contributed by atoms with E-state index in [9.17, 15) is 30.8 Å². The molecule has 4 aromatic heterocycles. The van der Waals surface area contributed by atoms with Crippen molar-refractivity contribution >= 4 is 55.3 Å². The zero-order valence-electron chi connectivity index (χ0n) is 27.4. The van der Waals surface area contributed by atoms with Gasteiger partial charge in [0.05, 0.1) is 57.5 Å². The Bertz CT molecular complexity index is 2590. The number of hydrogen-bond donors (Lipinski definition) is 3. The molecule has 276 valence electrons. The van der Waals surface area contributed by atoms with E-state index in [4.69, 9.17) is 11.6 Å². The fourth-order valence-electron chi connectivity index (χ4n) is 7.41. The van der Waals surface area contributed by atoms with Gasteiger partial charge in [-0.2, -0.15) is 19.0 Å². The minimum Gasteiger partial charge on any atom is -0.346 e. The van der Waals surface area contributed by atoms with Gasteiger partial charge in [-0.25, -0.2) is 31.0 Å². The van der Waals surface area contributed by atoms with Gasteiger partial charge in [0.1, 0.15) is 29.6 Å². The van der Waals surface area contributed by atoms with Crippen molar-refractivity contribution in [3.63, 3.8) is 0 Å². The zero-order chi connectivity index (χ0) is 37.7. The molecule has 8 rings (SSSR count). The Kier molecular flexibility index (Phi) is 8.02. The number of anilines is 1. The topological polar surface area (TPSA) is 152 Å². The Morgan fingerprint density at radius 3 is 2.55 bits per heavy atom. The number of aromatic amines is 1. The summed E-state index contributed by atoms with van der Waals surface area (Å²) in [6.45, 7) is -0.883. The van der Waals surface area contributed by atoms with Crippen LogP contribution in [0.15, 0.2) is 42.9 Å². The number of aryl methyl sites for hydroxylation is 1. The fraction of sp³-hybridized carbons (Fsp3) is 0.303. The molecule has 1 amide bonds. The van der Waals surface area contributed by atoms with Gasteiger partial charge in [-0.15, -0.1) is 0 Å². The molecule has 1 fully saturated rings.